The van der Waals surface area contributed by atoms with Gasteiger partial charge in [-0.05, 0) is 67.1 Å². The fraction of sp³-hybridized carbons (Fsp3) is 0.200. The van der Waals surface area contributed by atoms with Crippen LogP contribution < -0.4 is 9.64 Å². The van der Waals surface area contributed by atoms with Gasteiger partial charge in [0.05, 0.1) is 18.7 Å². The molecule has 0 fully saturated rings. The largest absolute Gasteiger partial charge is 0.482 e. The fourth-order valence-corrected chi connectivity index (χ4v) is 4.56. The van der Waals surface area contributed by atoms with E-state index in [2.05, 4.69) is 0 Å². The quantitative estimate of drug-likeness (QED) is 0.385. The minimum atomic E-state index is -4.44. The first-order valence-electron chi connectivity index (χ1n) is 10.4. The van der Waals surface area contributed by atoms with Crippen molar-refractivity contribution in [1.29, 1.82) is 0 Å². The van der Waals surface area contributed by atoms with E-state index in [1.165, 1.54) is 28.8 Å². The monoisotopic (exact) mass is 487 g/mol. The molecular formula is C25H20F3NO4S. The van der Waals surface area contributed by atoms with Crippen LogP contribution in [0.25, 0.3) is 0 Å². The summed E-state index contributed by atoms with van der Waals surface area (Å²) in [5.41, 5.74) is 0.955. The van der Waals surface area contributed by atoms with E-state index in [1.54, 1.807) is 37.3 Å². The molecule has 0 N–H and O–H groups in total. The van der Waals surface area contributed by atoms with Crippen molar-refractivity contribution in [3.05, 3.63) is 83.4 Å². The number of amides is 1. The molecule has 0 unspecified atom stereocenters. The summed E-state index contributed by atoms with van der Waals surface area (Å²) < 4.78 is 49.0. The molecule has 176 valence electrons. The van der Waals surface area contributed by atoms with Crippen molar-refractivity contribution in [2.75, 3.05) is 18.1 Å². The molecule has 1 amide bonds. The first-order chi connectivity index (χ1) is 16.3. The summed E-state index contributed by atoms with van der Waals surface area (Å²) in [6, 6.07) is 17.1. The summed E-state index contributed by atoms with van der Waals surface area (Å²) in [5, 5.41) is 0. The number of fused-ring (bicyclic) bond motifs is 1. The zero-order valence-electron chi connectivity index (χ0n) is 18.1. The van der Waals surface area contributed by atoms with Crippen molar-refractivity contribution in [3.63, 3.8) is 0 Å². The molecule has 3 aromatic rings. The van der Waals surface area contributed by atoms with Crippen LogP contribution in [0, 0.1) is 0 Å². The van der Waals surface area contributed by atoms with Gasteiger partial charge in [-0.3, -0.25) is 4.79 Å². The van der Waals surface area contributed by atoms with E-state index in [0.29, 0.717) is 17.0 Å². The van der Waals surface area contributed by atoms with Gasteiger partial charge in [-0.25, -0.2) is 4.79 Å². The predicted molar refractivity (Wildman–Crippen MR) is 121 cm³/mol. The molecule has 0 radical (unpaired) electrons. The Morgan fingerprint density at radius 2 is 1.79 bits per heavy atom. The van der Waals surface area contributed by atoms with Gasteiger partial charge in [-0.2, -0.15) is 13.2 Å². The second kappa shape index (κ2) is 9.80. The summed E-state index contributed by atoms with van der Waals surface area (Å²) in [4.78, 5) is 27.7. The molecule has 5 nitrogen and oxygen atoms in total. The standard InChI is InChI=1S/C25H20F3NO4S/c1-2-32-23(30)15-33-18-5-3-6-19(13-18)34-22-8-4-7-20-21(22)14-29(24(20)31)17-11-9-16(10-12-17)25(26,27)28/h3-13H,2,14-15H2,1H3. The highest BCUT2D eigenvalue weighted by atomic mass is 32.2. The van der Waals surface area contributed by atoms with Crippen molar-refractivity contribution in [2.45, 2.75) is 29.4 Å². The van der Waals surface area contributed by atoms with Crippen LogP contribution in [-0.4, -0.2) is 25.1 Å². The molecule has 0 saturated carbocycles. The van der Waals surface area contributed by atoms with Crippen LogP contribution in [0.4, 0.5) is 18.9 Å². The highest BCUT2D eigenvalue weighted by Crippen LogP contribution is 2.39. The van der Waals surface area contributed by atoms with E-state index < -0.39 is 17.7 Å². The predicted octanol–water partition coefficient (Wildman–Crippen LogP) is 5.96. The maximum Gasteiger partial charge on any atom is 0.416 e. The lowest BCUT2D eigenvalue weighted by molar-refractivity contribution is -0.145. The molecule has 9 heteroatoms. The number of rotatable bonds is 7. The third kappa shape index (κ3) is 5.20. The van der Waals surface area contributed by atoms with E-state index in [1.807, 2.05) is 12.1 Å². The summed E-state index contributed by atoms with van der Waals surface area (Å²) >= 11 is 1.43. The Labute approximate surface area is 198 Å². The van der Waals surface area contributed by atoms with Gasteiger partial charge in [-0.1, -0.05) is 23.9 Å². The highest BCUT2D eigenvalue weighted by molar-refractivity contribution is 7.99. The van der Waals surface area contributed by atoms with Gasteiger partial charge in [0, 0.05) is 21.0 Å². The Bertz CT molecular complexity index is 1210. The van der Waals surface area contributed by atoms with Crippen molar-refractivity contribution in [1.82, 2.24) is 0 Å². The lowest BCUT2D eigenvalue weighted by atomic mass is 10.1. The SMILES string of the molecule is CCOC(=O)COc1cccc(Sc2cccc3c2CN(c2ccc(C(F)(F)F)cc2)C3=O)c1. The van der Waals surface area contributed by atoms with Gasteiger partial charge in [0.25, 0.3) is 5.91 Å². The average molecular weight is 487 g/mol. The molecule has 0 atom stereocenters. The Balaban J connectivity index is 1.51. The van der Waals surface area contributed by atoms with Crippen LogP contribution in [0.1, 0.15) is 28.4 Å². The lowest BCUT2D eigenvalue weighted by Gasteiger charge is -2.17. The van der Waals surface area contributed by atoms with E-state index in [4.69, 9.17) is 9.47 Å². The Hall–Kier alpha value is -3.46. The first-order valence-corrected chi connectivity index (χ1v) is 11.2. The molecule has 1 aliphatic rings. The molecule has 0 saturated heterocycles. The van der Waals surface area contributed by atoms with Crippen molar-refractivity contribution >= 4 is 29.3 Å². The minimum absolute atomic E-state index is 0.195. The molecule has 3 aromatic carbocycles. The number of hydrogen-bond acceptors (Lipinski definition) is 5. The van der Waals surface area contributed by atoms with Crippen molar-refractivity contribution in [2.24, 2.45) is 0 Å². The summed E-state index contributed by atoms with van der Waals surface area (Å²) in [6.45, 7) is 2.05. The molecule has 0 bridgehead atoms. The molecule has 4 rings (SSSR count). The zero-order valence-corrected chi connectivity index (χ0v) is 18.9. The maximum absolute atomic E-state index is 13.0. The Kier molecular flexibility index (Phi) is 6.83. The number of esters is 1. The van der Waals surface area contributed by atoms with Crippen LogP contribution in [0.15, 0.2) is 76.5 Å². The molecule has 0 aliphatic carbocycles. The average Bonchev–Trinajstić information content (AvgIpc) is 3.15. The number of ether oxygens (including phenoxy) is 2. The highest BCUT2D eigenvalue weighted by Gasteiger charge is 2.33. The van der Waals surface area contributed by atoms with Gasteiger partial charge in [0.2, 0.25) is 0 Å². The van der Waals surface area contributed by atoms with Gasteiger partial charge < -0.3 is 14.4 Å². The van der Waals surface area contributed by atoms with Crippen LogP contribution in [-0.2, 0) is 22.3 Å². The fourth-order valence-electron chi connectivity index (χ4n) is 3.54. The number of nitrogens with zero attached hydrogens (tertiary/aromatic N) is 1. The van der Waals surface area contributed by atoms with E-state index in [-0.39, 0.29) is 25.7 Å². The second-order valence-corrected chi connectivity index (χ2v) is 8.50. The summed E-state index contributed by atoms with van der Waals surface area (Å²) in [6.07, 6.45) is -4.44. The second-order valence-electron chi connectivity index (χ2n) is 7.39. The van der Waals surface area contributed by atoms with E-state index in [0.717, 1.165) is 27.5 Å². The third-order valence-electron chi connectivity index (χ3n) is 5.13. The number of halogens is 3. The zero-order chi connectivity index (χ0) is 24.3. The van der Waals surface area contributed by atoms with Gasteiger partial charge in [0.15, 0.2) is 6.61 Å². The normalized spacial score (nSPS) is 13.1. The topological polar surface area (TPSA) is 55.8 Å². The number of anilines is 1. The number of carbonyl (C=O) groups is 2. The van der Waals surface area contributed by atoms with E-state index in [9.17, 15) is 22.8 Å². The van der Waals surface area contributed by atoms with Crippen LogP contribution in [0.5, 0.6) is 5.75 Å². The number of alkyl halides is 3. The molecule has 34 heavy (non-hydrogen) atoms. The number of carbonyl (C=O) groups excluding carboxylic acids is 2. The minimum Gasteiger partial charge on any atom is -0.482 e. The maximum atomic E-state index is 13.0. The molecular weight excluding hydrogens is 467 g/mol. The van der Waals surface area contributed by atoms with Crippen LogP contribution >= 0.6 is 11.8 Å². The van der Waals surface area contributed by atoms with E-state index >= 15 is 0 Å². The Morgan fingerprint density at radius 1 is 1.06 bits per heavy atom. The van der Waals surface area contributed by atoms with Gasteiger partial charge >= 0.3 is 12.1 Å². The smallest absolute Gasteiger partial charge is 0.416 e. The number of hydrogen-bond donors (Lipinski definition) is 0. The van der Waals surface area contributed by atoms with Crippen molar-refractivity contribution < 1.29 is 32.2 Å². The van der Waals surface area contributed by atoms with Crippen LogP contribution in [0.2, 0.25) is 0 Å². The van der Waals surface area contributed by atoms with Gasteiger partial charge in [-0.15, -0.1) is 0 Å². The summed E-state index contributed by atoms with van der Waals surface area (Å²) in [5.74, 6) is -0.208. The number of benzene rings is 3. The summed E-state index contributed by atoms with van der Waals surface area (Å²) in [7, 11) is 0. The molecule has 0 spiro atoms. The molecule has 1 aliphatic heterocycles. The molecule has 1 heterocycles. The molecule has 0 aromatic heterocycles. The van der Waals surface area contributed by atoms with Crippen molar-refractivity contribution in [3.8, 4) is 5.75 Å². The Morgan fingerprint density at radius 3 is 2.50 bits per heavy atom. The third-order valence-corrected chi connectivity index (χ3v) is 6.22. The first kappa shape index (κ1) is 23.7. The lowest BCUT2D eigenvalue weighted by Crippen LogP contribution is -2.23. The van der Waals surface area contributed by atoms with Crippen LogP contribution in [0.3, 0.4) is 0 Å². The van der Waals surface area contributed by atoms with Gasteiger partial charge in [0.1, 0.15) is 5.75 Å².